The number of likely N-dealkylation sites (N-methyl/N-ethyl adjacent to an activating group) is 1. The number of nitrogens with one attached hydrogen (secondary N) is 2. The number of amides is 2. The van der Waals surface area contributed by atoms with Crippen molar-refractivity contribution in [1.29, 1.82) is 0 Å². The fourth-order valence-electron chi connectivity index (χ4n) is 0.511. The van der Waals surface area contributed by atoms with Gasteiger partial charge < -0.3 is 16.4 Å². The molecule has 0 heterocycles. The highest BCUT2D eigenvalue weighted by Crippen LogP contribution is 1.64. The average Bonchev–Trinajstić information content (AvgIpc) is 2.01. The fourth-order valence-corrected chi connectivity index (χ4v) is 0.511. The Hall–Kier alpha value is -1.10. The third-order valence-corrected chi connectivity index (χ3v) is 1.01. The van der Waals surface area contributed by atoms with E-state index in [9.17, 15) is 9.59 Å². The zero-order valence-corrected chi connectivity index (χ0v) is 6.52. The summed E-state index contributed by atoms with van der Waals surface area (Å²) in [6.45, 7) is 2.29. The molecule has 0 fully saturated rings. The van der Waals surface area contributed by atoms with Gasteiger partial charge in [0, 0.05) is 6.54 Å². The summed E-state index contributed by atoms with van der Waals surface area (Å²) in [4.78, 5) is 21.2. The number of nitrogens with two attached hydrogens (primary N) is 1. The Balaban J connectivity index is -0.0000000333. The van der Waals surface area contributed by atoms with Crippen LogP contribution in [0.2, 0.25) is 0 Å². The van der Waals surface area contributed by atoms with E-state index in [1.165, 1.54) is 0 Å². The summed E-state index contributed by atoms with van der Waals surface area (Å²) in [5, 5.41) is 4.87. The van der Waals surface area contributed by atoms with Crippen LogP contribution in [0.3, 0.4) is 0 Å². The van der Waals surface area contributed by atoms with Crippen LogP contribution in [0.1, 0.15) is 51.5 Å². The minimum absolute atomic E-state index is 0. The van der Waals surface area contributed by atoms with E-state index in [1.54, 1.807) is 0 Å². The summed E-state index contributed by atoms with van der Waals surface area (Å²) in [6.07, 6.45) is 0. The molecular formula is C12H37N3O2. The lowest BCUT2D eigenvalue weighted by Crippen LogP contribution is -2.39. The smallest absolute Gasteiger partial charge is 0.239 e. The van der Waals surface area contributed by atoms with E-state index >= 15 is 0 Å². The summed E-state index contributed by atoms with van der Waals surface area (Å²) in [5.41, 5.74) is 4.99. The molecule has 0 aliphatic carbocycles. The highest BCUT2D eigenvalue weighted by Gasteiger charge is 2.00. The number of hydrogen-bond acceptors (Lipinski definition) is 3. The molecule has 0 radical (unpaired) electrons. The van der Waals surface area contributed by atoms with Gasteiger partial charge in [0.05, 0.1) is 13.1 Å². The van der Waals surface area contributed by atoms with E-state index < -0.39 is 0 Å². The standard InChI is InChI=1S/C6H13N3O2.6CH4/c1-2-8-6(11)4-9-5(10)3-7;;;;;;/h2-4,7H2,1H3,(H,8,11)(H,9,10);6*1H4. The fraction of sp³-hybridized carbons (Fsp3) is 0.833. The first-order valence-corrected chi connectivity index (χ1v) is 3.44. The van der Waals surface area contributed by atoms with Crippen molar-refractivity contribution in [3.63, 3.8) is 0 Å². The van der Waals surface area contributed by atoms with Gasteiger partial charge in [-0.15, -0.1) is 0 Å². The summed E-state index contributed by atoms with van der Waals surface area (Å²) < 4.78 is 0. The normalized spacial score (nSPS) is 5.76. The van der Waals surface area contributed by atoms with Gasteiger partial charge in [-0.2, -0.15) is 0 Å². The molecule has 5 nitrogen and oxygen atoms in total. The molecule has 0 spiro atoms. The molecule has 5 heteroatoms. The first kappa shape index (κ1) is 44.6. The van der Waals surface area contributed by atoms with Gasteiger partial charge in [0.1, 0.15) is 0 Å². The number of hydrogen-bond donors (Lipinski definition) is 3. The Kier molecular flexibility index (Phi) is 77.0. The SMILES string of the molecule is C.C.C.C.C.C.CCNC(=O)CNC(=O)CN. The van der Waals surface area contributed by atoms with E-state index in [2.05, 4.69) is 10.6 Å². The second-order valence-electron chi connectivity index (χ2n) is 1.93. The molecule has 17 heavy (non-hydrogen) atoms. The Bertz CT molecular complexity index is 151. The van der Waals surface area contributed by atoms with Crippen LogP contribution in [0.5, 0.6) is 0 Å². The highest BCUT2D eigenvalue weighted by atomic mass is 16.2. The van der Waals surface area contributed by atoms with Crippen molar-refractivity contribution in [2.45, 2.75) is 51.5 Å². The van der Waals surface area contributed by atoms with Crippen LogP contribution in [0, 0.1) is 0 Å². The quantitative estimate of drug-likeness (QED) is 0.718. The minimum Gasteiger partial charge on any atom is -0.355 e. The second-order valence-corrected chi connectivity index (χ2v) is 1.93. The molecule has 2 amide bonds. The highest BCUT2D eigenvalue weighted by molar-refractivity contribution is 5.85. The van der Waals surface area contributed by atoms with E-state index in [0.717, 1.165) is 0 Å². The van der Waals surface area contributed by atoms with Gasteiger partial charge in [-0.1, -0.05) is 44.6 Å². The van der Waals surface area contributed by atoms with Crippen LogP contribution in [0.15, 0.2) is 0 Å². The molecule has 0 aromatic heterocycles. The van der Waals surface area contributed by atoms with Crippen LogP contribution >= 0.6 is 0 Å². The molecule has 0 aromatic rings. The summed E-state index contributed by atoms with van der Waals surface area (Å²) in [6, 6.07) is 0. The Labute approximate surface area is 110 Å². The van der Waals surface area contributed by atoms with E-state index in [-0.39, 0.29) is 69.5 Å². The van der Waals surface area contributed by atoms with E-state index in [1.807, 2.05) is 6.92 Å². The Morgan fingerprint density at radius 2 is 1.29 bits per heavy atom. The number of carbonyl (C=O) groups excluding carboxylic acids is 2. The van der Waals surface area contributed by atoms with Gasteiger partial charge in [-0.05, 0) is 6.92 Å². The van der Waals surface area contributed by atoms with Crippen molar-refractivity contribution in [2.24, 2.45) is 5.73 Å². The van der Waals surface area contributed by atoms with Crippen LogP contribution in [0.4, 0.5) is 0 Å². The molecule has 0 saturated carbocycles. The maximum atomic E-state index is 10.7. The maximum Gasteiger partial charge on any atom is 0.239 e. The van der Waals surface area contributed by atoms with Crippen LogP contribution < -0.4 is 16.4 Å². The van der Waals surface area contributed by atoms with Gasteiger partial charge >= 0.3 is 0 Å². The molecule has 0 bridgehead atoms. The molecule has 0 unspecified atom stereocenters. The molecule has 0 aromatic carbocycles. The van der Waals surface area contributed by atoms with Crippen molar-refractivity contribution >= 4 is 11.8 Å². The predicted molar refractivity (Wildman–Crippen MR) is 81.1 cm³/mol. The Morgan fingerprint density at radius 3 is 1.59 bits per heavy atom. The molecule has 0 aliphatic heterocycles. The van der Waals surface area contributed by atoms with E-state index in [0.29, 0.717) is 6.54 Å². The molecule has 112 valence electrons. The average molecular weight is 255 g/mol. The molecule has 4 N–H and O–H groups in total. The molecule has 0 aliphatic rings. The van der Waals surface area contributed by atoms with Crippen molar-refractivity contribution in [3.8, 4) is 0 Å². The number of carbonyl (C=O) groups is 2. The van der Waals surface area contributed by atoms with Gasteiger partial charge in [0.15, 0.2) is 0 Å². The Morgan fingerprint density at radius 1 is 0.882 bits per heavy atom. The summed E-state index contributed by atoms with van der Waals surface area (Å²) in [5.74, 6) is -0.523. The maximum absolute atomic E-state index is 10.7. The minimum atomic E-state index is -0.323. The van der Waals surface area contributed by atoms with Gasteiger partial charge in [0.25, 0.3) is 0 Å². The van der Waals surface area contributed by atoms with Gasteiger partial charge in [-0.3, -0.25) is 9.59 Å². The third-order valence-electron chi connectivity index (χ3n) is 1.01. The molecular weight excluding hydrogens is 218 g/mol. The lowest BCUT2D eigenvalue weighted by molar-refractivity contribution is -0.125. The predicted octanol–water partition coefficient (Wildman–Crippen LogP) is 2.01. The molecule has 0 saturated heterocycles. The van der Waals surface area contributed by atoms with E-state index in [4.69, 9.17) is 5.73 Å². The monoisotopic (exact) mass is 255 g/mol. The summed E-state index contributed by atoms with van der Waals surface area (Å²) >= 11 is 0. The topological polar surface area (TPSA) is 84.2 Å². The zero-order chi connectivity index (χ0) is 8.69. The third kappa shape index (κ3) is 31.3. The van der Waals surface area contributed by atoms with Crippen molar-refractivity contribution < 1.29 is 9.59 Å². The van der Waals surface area contributed by atoms with Crippen molar-refractivity contribution in [1.82, 2.24) is 10.6 Å². The molecule has 0 atom stereocenters. The molecule has 0 rings (SSSR count). The first-order valence-electron chi connectivity index (χ1n) is 3.44. The van der Waals surface area contributed by atoms with Crippen molar-refractivity contribution in [3.05, 3.63) is 0 Å². The van der Waals surface area contributed by atoms with Crippen LogP contribution in [-0.4, -0.2) is 31.4 Å². The number of rotatable bonds is 4. The largest absolute Gasteiger partial charge is 0.355 e. The van der Waals surface area contributed by atoms with Crippen LogP contribution in [0.25, 0.3) is 0 Å². The van der Waals surface area contributed by atoms with Gasteiger partial charge in [-0.25, -0.2) is 0 Å². The first-order chi connectivity index (χ1) is 5.20. The lowest BCUT2D eigenvalue weighted by atomic mass is 10.5. The summed E-state index contributed by atoms with van der Waals surface area (Å²) in [7, 11) is 0. The lowest BCUT2D eigenvalue weighted by Gasteiger charge is -2.02. The zero-order valence-electron chi connectivity index (χ0n) is 6.52. The van der Waals surface area contributed by atoms with Crippen molar-refractivity contribution in [2.75, 3.05) is 19.6 Å². The second kappa shape index (κ2) is 29.4. The van der Waals surface area contributed by atoms with Gasteiger partial charge in [0.2, 0.25) is 11.8 Å². The van der Waals surface area contributed by atoms with Crippen LogP contribution in [-0.2, 0) is 9.59 Å².